The predicted molar refractivity (Wildman–Crippen MR) is 93.2 cm³/mol. The van der Waals surface area contributed by atoms with Gasteiger partial charge in [-0.05, 0) is 19.1 Å². The molecule has 0 atom stereocenters. The van der Waals surface area contributed by atoms with Crippen molar-refractivity contribution in [3.63, 3.8) is 0 Å². The number of hydrogen-bond acceptors (Lipinski definition) is 7. The highest BCUT2D eigenvalue weighted by atomic mass is 32.2. The first kappa shape index (κ1) is 16.7. The molecule has 3 aromatic heterocycles. The van der Waals surface area contributed by atoms with E-state index in [-0.39, 0.29) is 11.7 Å². The largest absolute Gasteiger partial charge is 0.354 e. The lowest BCUT2D eigenvalue weighted by atomic mass is 10.3. The summed E-state index contributed by atoms with van der Waals surface area (Å²) in [4.78, 5) is 11.9. The van der Waals surface area contributed by atoms with Gasteiger partial charge in [-0.3, -0.25) is 10.1 Å². The second kappa shape index (κ2) is 7.58. The second-order valence-electron chi connectivity index (χ2n) is 5.01. The van der Waals surface area contributed by atoms with Crippen LogP contribution in [0.1, 0.15) is 18.4 Å². The van der Waals surface area contributed by atoms with Crippen LogP contribution >= 0.6 is 23.1 Å². The molecule has 0 fully saturated rings. The fourth-order valence-corrected chi connectivity index (χ4v) is 3.51. The van der Waals surface area contributed by atoms with Gasteiger partial charge >= 0.3 is 0 Å². The van der Waals surface area contributed by atoms with Crippen LogP contribution in [0, 0.1) is 0 Å². The van der Waals surface area contributed by atoms with Gasteiger partial charge in [-0.1, -0.05) is 23.1 Å². The van der Waals surface area contributed by atoms with Gasteiger partial charge < -0.3 is 9.13 Å². The van der Waals surface area contributed by atoms with E-state index in [4.69, 9.17) is 0 Å². The van der Waals surface area contributed by atoms with Crippen LogP contribution in [0.3, 0.4) is 0 Å². The van der Waals surface area contributed by atoms with Gasteiger partial charge in [0.2, 0.25) is 11.0 Å². The molecule has 0 unspecified atom stereocenters. The lowest BCUT2D eigenvalue weighted by molar-refractivity contribution is -0.113. The first-order valence-electron chi connectivity index (χ1n) is 7.38. The number of nitrogens with zero attached hydrogens (tertiary/aromatic N) is 6. The lowest BCUT2D eigenvalue weighted by Gasteiger charge is -2.08. The van der Waals surface area contributed by atoms with Crippen molar-refractivity contribution in [3.05, 3.63) is 35.4 Å². The Morgan fingerprint density at radius 2 is 2.25 bits per heavy atom. The van der Waals surface area contributed by atoms with Crippen LogP contribution in [-0.2, 0) is 24.8 Å². The van der Waals surface area contributed by atoms with E-state index >= 15 is 0 Å². The molecule has 0 spiro atoms. The van der Waals surface area contributed by atoms with Gasteiger partial charge in [0, 0.05) is 31.9 Å². The molecule has 0 aliphatic heterocycles. The van der Waals surface area contributed by atoms with Gasteiger partial charge in [0.15, 0.2) is 5.16 Å². The number of aryl methyl sites for hydroxylation is 1. The van der Waals surface area contributed by atoms with Crippen LogP contribution < -0.4 is 5.32 Å². The molecular weight excluding hydrogens is 346 g/mol. The van der Waals surface area contributed by atoms with Crippen molar-refractivity contribution < 1.29 is 4.79 Å². The minimum Gasteiger partial charge on any atom is -0.354 e. The third-order valence-electron chi connectivity index (χ3n) is 3.44. The van der Waals surface area contributed by atoms with Gasteiger partial charge in [-0.2, -0.15) is 0 Å². The minimum absolute atomic E-state index is 0.133. The topological polar surface area (TPSA) is 90.5 Å². The molecule has 24 heavy (non-hydrogen) atoms. The summed E-state index contributed by atoms with van der Waals surface area (Å²) >= 11 is 2.66. The Kier molecular flexibility index (Phi) is 5.26. The number of rotatable bonds is 7. The number of amides is 1. The van der Waals surface area contributed by atoms with Crippen molar-refractivity contribution in [1.29, 1.82) is 0 Å². The first-order chi connectivity index (χ1) is 11.7. The van der Waals surface area contributed by atoms with Crippen LogP contribution in [0.4, 0.5) is 5.13 Å². The highest BCUT2D eigenvalue weighted by Gasteiger charge is 2.14. The van der Waals surface area contributed by atoms with Crippen molar-refractivity contribution >= 4 is 34.1 Å². The number of aromatic nitrogens is 6. The monoisotopic (exact) mass is 363 g/mol. The predicted octanol–water partition coefficient (Wildman–Crippen LogP) is 1.81. The zero-order valence-corrected chi connectivity index (χ0v) is 15.0. The third-order valence-corrected chi connectivity index (χ3v) is 5.01. The van der Waals surface area contributed by atoms with E-state index in [0.717, 1.165) is 17.5 Å². The Balaban J connectivity index is 1.63. The number of carbonyl (C=O) groups excluding carboxylic acids is 1. The molecule has 3 heterocycles. The molecule has 0 saturated carbocycles. The van der Waals surface area contributed by atoms with Gasteiger partial charge in [-0.25, -0.2) is 0 Å². The summed E-state index contributed by atoms with van der Waals surface area (Å²) in [6.45, 7) is 2.80. The second-order valence-corrected chi connectivity index (χ2v) is 6.79. The van der Waals surface area contributed by atoms with Crippen LogP contribution in [0.25, 0.3) is 0 Å². The summed E-state index contributed by atoms with van der Waals surface area (Å²) in [5.41, 5.74) is 2.74. The normalized spacial score (nSPS) is 10.9. The van der Waals surface area contributed by atoms with Crippen LogP contribution in [-0.4, -0.2) is 41.2 Å². The molecule has 0 aliphatic carbocycles. The molecule has 3 aromatic rings. The van der Waals surface area contributed by atoms with Crippen molar-refractivity contribution in [2.75, 3.05) is 11.1 Å². The van der Waals surface area contributed by atoms with Crippen LogP contribution in [0.2, 0.25) is 0 Å². The molecule has 10 heteroatoms. The summed E-state index contributed by atoms with van der Waals surface area (Å²) in [6, 6.07) is 4.08. The Hall–Kier alpha value is -2.20. The van der Waals surface area contributed by atoms with Crippen molar-refractivity contribution in [2.24, 2.45) is 7.05 Å². The fraction of sp³-hybridized carbons (Fsp3) is 0.357. The van der Waals surface area contributed by atoms with E-state index in [1.165, 1.54) is 28.8 Å². The van der Waals surface area contributed by atoms with E-state index in [1.54, 1.807) is 5.51 Å². The summed E-state index contributed by atoms with van der Waals surface area (Å²) in [5, 5.41) is 19.9. The smallest absolute Gasteiger partial charge is 0.236 e. The van der Waals surface area contributed by atoms with Crippen LogP contribution in [0.15, 0.2) is 29.0 Å². The molecule has 0 bridgehead atoms. The van der Waals surface area contributed by atoms with E-state index in [0.29, 0.717) is 11.6 Å². The van der Waals surface area contributed by atoms with E-state index < -0.39 is 0 Å². The van der Waals surface area contributed by atoms with Crippen molar-refractivity contribution in [3.8, 4) is 0 Å². The fourth-order valence-electron chi connectivity index (χ4n) is 2.23. The summed E-state index contributed by atoms with van der Waals surface area (Å²) in [7, 11) is 2.01. The first-order valence-corrected chi connectivity index (χ1v) is 9.25. The summed E-state index contributed by atoms with van der Waals surface area (Å²) in [6.07, 6.45) is 2.72. The number of carbonyl (C=O) groups is 1. The number of thioether (sulfide) groups is 1. The van der Waals surface area contributed by atoms with Gasteiger partial charge in [-0.15, -0.1) is 20.4 Å². The van der Waals surface area contributed by atoms with Crippen molar-refractivity contribution in [1.82, 2.24) is 29.5 Å². The molecule has 0 radical (unpaired) electrons. The lowest BCUT2D eigenvalue weighted by Crippen LogP contribution is -2.14. The molecule has 1 N–H and O–H groups in total. The molecule has 0 aromatic carbocycles. The number of nitrogens with one attached hydrogen (secondary N) is 1. The molecule has 8 nitrogen and oxygen atoms in total. The Labute approximate surface area is 147 Å². The molecule has 0 saturated heterocycles. The average Bonchev–Trinajstić information content (AvgIpc) is 3.29. The zero-order valence-electron chi connectivity index (χ0n) is 13.3. The Bertz CT molecular complexity index is 809. The molecular formula is C14H17N7OS2. The Morgan fingerprint density at radius 3 is 2.92 bits per heavy atom. The molecule has 0 aliphatic rings. The zero-order chi connectivity index (χ0) is 16.9. The average molecular weight is 363 g/mol. The van der Waals surface area contributed by atoms with E-state index in [1.807, 2.05) is 30.8 Å². The van der Waals surface area contributed by atoms with Gasteiger partial charge in [0.1, 0.15) is 11.3 Å². The third kappa shape index (κ3) is 3.82. The van der Waals surface area contributed by atoms with Gasteiger partial charge in [0.25, 0.3) is 0 Å². The summed E-state index contributed by atoms with van der Waals surface area (Å²) in [5.74, 6) is 1.01. The van der Waals surface area contributed by atoms with Gasteiger partial charge in [0.05, 0.1) is 5.75 Å². The summed E-state index contributed by atoms with van der Waals surface area (Å²) < 4.78 is 4.10. The van der Waals surface area contributed by atoms with E-state index in [9.17, 15) is 4.79 Å². The molecule has 126 valence electrons. The minimum atomic E-state index is -0.133. The molecule has 3 rings (SSSR count). The standard InChI is InChI=1S/C14H17N7OS2/c1-3-21-11(7-10-5-4-6-20(10)2)17-19-14(21)23-8-12(22)16-13-18-15-9-24-13/h4-6,9H,3,7-8H2,1-2H3,(H,16,18,22). The maximum absolute atomic E-state index is 11.9. The maximum Gasteiger partial charge on any atom is 0.236 e. The van der Waals surface area contributed by atoms with Crippen molar-refractivity contribution in [2.45, 2.75) is 25.0 Å². The highest BCUT2D eigenvalue weighted by molar-refractivity contribution is 7.99. The van der Waals surface area contributed by atoms with E-state index in [2.05, 4.69) is 36.3 Å². The number of anilines is 1. The Morgan fingerprint density at radius 1 is 1.38 bits per heavy atom. The highest BCUT2D eigenvalue weighted by Crippen LogP contribution is 2.19. The van der Waals surface area contributed by atoms with Crippen LogP contribution in [0.5, 0.6) is 0 Å². The quantitative estimate of drug-likeness (QED) is 0.644. The maximum atomic E-state index is 11.9. The number of hydrogen-bond donors (Lipinski definition) is 1. The SMILES string of the molecule is CCn1c(Cc2cccn2C)nnc1SCC(=O)Nc1nncs1. The molecule has 1 amide bonds.